The Morgan fingerprint density at radius 3 is 2.46 bits per heavy atom. The second kappa shape index (κ2) is 10.0. The van der Waals surface area contributed by atoms with Gasteiger partial charge in [-0.3, -0.25) is 4.79 Å². The lowest BCUT2D eigenvalue weighted by atomic mass is 9.95. The zero-order chi connectivity index (χ0) is 25.2. The maximum Gasteiger partial charge on any atom is 0.282 e. The van der Waals surface area contributed by atoms with Crippen LogP contribution in [0.3, 0.4) is 0 Å². The fourth-order valence-electron chi connectivity index (χ4n) is 3.59. The van der Waals surface area contributed by atoms with Crippen LogP contribution in [0, 0.1) is 6.92 Å². The number of methoxy groups -OCH3 is 1. The molecule has 1 aromatic heterocycles. The largest absolute Gasteiger partial charge is 0.493 e. The van der Waals surface area contributed by atoms with Crippen LogP contribution in [0.25, 0.3) is 10.9 Å². The number of benzene rings is 3. The average Bonchev–Trinajstić information content (AvgIpc) is 2.83. The van der Waals surface area contributed by atoms with Crippen LogP contribution in [0.5, 0.6) is 11.5 Å². The molecule has 0 atom stereocenters. The van der Waals surface area contributed by atoms with Gasteiger partial charge in [0.2, 0.25) is 0 Å². The number of hydrogen-bond donors (Lipinski definition) is 0. The van der Waals surface area contributed by atoms with E-state index in [1.807, 2.05) is 63.2 Å². The highest BCUT2D eigenvalue weighted by Crippen LogP contribution is 2.29. The maximum atomic E-state index is 13.3. The number of hydrogen-bond acceptors (Lipinski definition) is 5. The van der Waals surface area contributed by atoms with Crippen molar-refractivity contribution in [2.75, 3.05) is 7.11 Å². The Balaban J connectivity index is 1.66. The molecular weight excluding hydrogens is 506 g/mol. The van der Waals surface area contributed by atoms with E-state index in [-0.39, 0.29) is 11.0 Å². The van der Waals surface area contributed by atoms with Gasteiger partial charge in [0.05, 0.1) is 24.2 Å². The normalized spacial score (nSPS) is 11.8. The molecule has 0 radical (unpaired) electrons. The first-order valence-corrected chi connectivity index (χ1v) is 12.1. The molecule has 0 aliphatic rings. The Morgan fingerprint density at radius 1 is 1.03 bits per heavy atom. The molecule has 0 spiro atoms. The topological polar surface area (TPSA) is 65.7 Å². The molecule has 0 bridgehead atoms. The summed E-state index contributed by atoms with van der Waals surface area (Å²) in [4.78, 5) is 18.1. The van der Waals surface area contributed by atoms with E-state index in [1.54, 1.807) is 19.4 Å². The monoisotopic (exact) mass is 533 g/mol. The zero-order valence-corrected chi connectivity index (χ0v) is 22.1. The molecule has 0 aliphatic carbocycles. The van der Waals surface area contributed by atoms with Crippen molar-refractivity contribution in [1.82, 2.24) is 9.66 Å². The van der Waals surface area contributed by atoms with Crippen molar-refractivity contribution < 1.29 is 9.47 Å². The summed E-state index contributed by atoms with van der Waals surface area (Å²) in [5.74, 6) is 1.80. The first-order chi connectivity index (χ1) is 16.7. The molecular formula is C28H28BrN3O3. The number of halogens is 1. The molecule has 35 heavy (non-hydrogen) atoms. The second-order valence-electron chi connectivity index (χ2n) is 9.39. The van der Waals surface area contributed by atoms with Crippen molar-refractivity contribution >= 4 is 33.0 Å². The van der Waals surface area contributed by atoms with Crippen LogP contribution in [-0.4, -0.2) is 23.0 Å². The van der Waals surface area contributed by atoms with Gasteiger partial charge >= 0.3 is 0 Å². The van der Waals surface area contributed by atoms with Crippen molar-refractivity contribution in [2.45, 2.75) is 39.7 Å². The fourth-order valence-corrected chi connectivity index (χ4v) is 3.96. The highest BCUT2D eigenvalue weighted by molar-refractivity contribution is 9.10. The third-order valence-electron chi connectivity index (χ3n) is 5.50. The van der Waals surface area contributed by atoms with Crippen LogP contribution in [-0.2, 0) is 12.0 Å². The van der Waals surface area contributed by atoms with Crippen LogP contribution >= 0.6 is 15.9 Å². The van der Waals surface area contributed by atoms with Crippen LogP contribution in [0.1, 0.15) is 43.3 Å². The molecule has 180 valence electrons. The van der Waals surface area contributed by atoms with Crippen LogP contribution in [0.4, 0.5) is 0 Å². The predicted molar refractivity (Wildman–Crippen MR) is 144 cm³/mol. The number of ether oxygens (including phenoxy) is 2. The van der Waals surface area contributed by atoms with E-state index in [2.05, 4.69) is 40.1 Å². The van der Waals surface area contributed by atoms with E-state index >= 15 is 0 Å². The third-order valence-corrected chi connectivity index (χ3v) is 6.00. The summed E-state index contributed by atoms with van der Waals surface area (Å²) in [5, 5.41) is 5.04. The highest BCUT2D eigenvalue weighted by Gasteiger charge is 2.23. The molecule has 0 saturated heterocycles. The van der Waals surface area contributed by atoms with Gasteiger partial charge in [0.1, 0.15) is 12.4 Å². The maximum absolute atomic E-state index is 13.3. The number of aryl methyl sites for hydroxylation is 1. The fraction of sp³-hybridized carbons (Fsp3) is 0.250. The smallest absolute Gasteiger partial charge is 0.282 e. The number of aromatic nitrogens is 2. The predicted octanol–water partition coefficient (Wildman–Crippen LogP) is 6.23. The van der Waals surface area contributed by atoms with Gasteiger partial charge in [-0.05, 0) is 54.4 Å². The van der Waals surface area contributed by atoms with Crippen molar-refractivity contribution in [2.24, 2.45) is 5.10 Å². The lowest BCUT2D eigenvalue weighted by Crippen LogP contribution is -2.29. The molecule has 0 unspecified atom stereocenters. The van der Waals surface area contributed by atoms with Gasteiger partial charge in [-0.15, -0.1) is 0 Å². The average molecular weight is 534 g/mol. The molecule has 0 aliphatic heterocycles. The Bertz CT molecular complexity index is 1450. The zero-order valence-electron chi connectivity index (χ0n) is 20.5. The lowest BCUT2D eigenvalue weighted by molar-refractivity contribution is 0.284. The first kappa shape index (κ1) is 24.7. The minimum Gasteiger partial charge on any atom is -0.493 e. The third kappa shape index (κ3) is 5.62. The van der Waals surface area contributed by atoms with E-state index in [9.17, 15) is 4.79 Å². The van der Waals surface area contributed by atoms with Crippen molar-refractivity contribution in [3.63, 3.8) is 0 Å². The Hall–Kier alpha value is -3.45. The number of fused-ring (bicyclic) bond motifs is 1. The standard InChI is InChI=1S/C28H28BrN3O3/c1-18-6-8-19(9-7-18)17-35-24-13-10-20(14-25(24)34-5)16-30-32-26(33)22-15-21(29)11-12-23(22)31-27(32)28(2,3)4/h6-16H,17H2,1-5H3. The van der Waals surface area contributed by atoms with Gasteiger partial charge in [0, 0.05) is 9.89 Å². The van der Waals surface area contributed by atoms with Gasteiger partial charge in [-0.1, -0.05) is 66.5 Å². The van der Waals surface area contributed by atoms with Gasteiger partial charge in [-0.2, -0.15) is 9.78 Å². The van der Waals surface area contributed by atoms with Gasteiger partial charge in [0.15, 0.2) is 11.5 Å². The van der Waals surface area contributed by atoms with Crippen LogP contribution < -0.4 is 15.0 Å². The number of nitrogens with zero attached hydrogens (tertiary/aromatic N) is 3. The first-order valence-electron chi connectivity index (χ1n) is 11.3. The van der Waals surface area contributed by atoms with Gasteiger partial charge < -0.3 is 9.47 Å². The molecule has 4 rings (SSSR count). The number of rotatable bonds is 6. The highest BCUT2D eigenvalue weighted by atomic mass is 79.9. The lowest BCUT2D eigenvalue weighted by Gasteiger charge is -2.20. The molecule has 7 heteroatoms. The second-order valence-corrected chi connectivity index (χ2v) is 10.3. The van der Waals surface area contributed by atoms with E-state index < -0.39 is 0 Å². The van der Waals surface area contributed by atoms with E-state index in [0.717, 1.165) is 15.6 Å². The van der Waals surface area contributed by atoms with Crippen molar-refractivity contribution in [1.29, 1.82) is 0 Å². The molecule has 0 amide bonds. The van der Waals surface area contributed by atoms with Gasteiger partial charge in [-0.25, -0.2) is 4.98 Å². The van der Waals surface area contributed by atoms with Crippen LogP contribution in [0.2, 0.25) is 0 Å². The quantitative estimate of drug-likeness (QED) is 0.275. The minimum atomic E-state index is -0.386. The van der Waals surface area contributed by atoms with Crippen molar-refractivity contribution in [3.8, 4) is 11.5 Å². The molecule has 1 heterocycles. The van der Waals surface area contributed by atoms with E-state index in [4.69, 9.17) is 14.5 Å². The van der Waals surface area contributed by atoms with E-state index in [1.165, 1.54) is 10.2 Å². The summed E-state index contributed by atoms with van der Waals surface area (Å²) in [7, 11) is 1.60. The Labute approximate surface area is 213 Å². The summed E-state index contributed by atoms with van der Waals surface area (Å²) in [6.07, 6.45) is 1.63. The molecule has 3 aromatic carbocycles. The van der Waals surface area contributed by atoms with Crippen LogP contribution in [0.15, 0.2) is 75.0 Å². The molecule has 6 nitrogen and oxygen atoms in total. The summed E-state index contributed by atoms with van der Waals surface area (Å²) in [6, 6.07) is 19.3. The van der Waals surface area contributed by atoms with Gasteiger partial charge in [0.25, 0.3) is 5.56 Å². The molecule has 4 aromatic rings. The minimum absolute atomic E-state index is 0.220. The summed E-state index contributed by atoms with van der Waals surface area (Å²) in [5.41, 5.74) is 3.09. The summed E-state index contributed by atoms with van der Waals surface area (Å²) >= 11 is 3.44. The molecule has 0 fully saturated rings. The molecule has 0 N–H and O–H groups in total. The SMILES string of the molecule is COc1cc(C=Nn2c(C(C)(C)C)nc3ccc(Br)cc3c2=O)ccc1OCc1ccc(C)cc1. The summed E-state index contributed by atoms with van der Waals surface area (Å²) < 4.78 is 13.7. The Kier molecular flexibility index (Phi) is 7.08. The Morgan fingerprint density at radius 2 is 1.77 bits per heavy atom. The molecule has 0 saturated carbocycles. The van der Waals surface area contributed by atoms with E-state index in [0.29, 0.717) is 34.8 Å². The summed E-state index contributed by atoms with van der Waals surface area (Å²) in [6.45, 7) is 8.52. The van der Waals surface area contributed by atoms with Crippen molar-refractivity contribution in [3.05, 3.63) is 98.0 Å².